The Hall–Kier alpha value is -1.97. The first kappa shape index (κ1) is 18.8. The maximum Gasteiger partial charge on any atom is 0.294 e. The van der Waals surface area contributed by atoms with Gasteiger partial charge in [-0.2, -0.15) is 0 Å². The van der Waals surface area contributed by atoms with Crippen LogP contribution in [-0.2, 0) is 20.6 Å². The van der Waals surface area contributed by atoms with Gasteiger partial charge in [0.05, 0.1) is 9.80 Å². The van der Waals surface area contributed by atoms with Gasteiger partial charge in [-0.3, -0.25) is 19.3 Å². The molecule has 26 heavy (non-hydrogen) atoms. The molecule has 1 heterocycles. The normalized spacial score (nSPS) is 19.0. The number of nitrogens with one attached hydrogen (secondary N) is 1. The highest BCUT2D eigenvalue weighted by molar-refractivity contribution is 8.18. The molecule has 7 nitrogen and oxygen atoms in total. The van der Waals surface area contributed by atoms with E-state index in [2.05, 4.69) is 5.32 Å². The molecule has 1 saturated heterocycles. The third-order valence-electron chi connectivity index (χ3n) is 4.30. The summed E-state index contributed by atoms with van der Waals surface area (Å²) >= 11 is 0.931. The average Bonchev–Trinajstić information content (AvgIpc) is 2.91. The van der Waals surface area contributed by atoms with Crippen molar-refractivity contribution < 1.29 is 18.6 Å². The Morgan fingerprint density at radius 1 is 1.15 bits per heavy atom. The number of nitrogens with zero attached hydrogens (tertiary/aromatic N) is 1. The molecule has 9 heteroatoms. The molecule has 1 aliphatic heterocycles. The van der Waals surface area contributed by atoms with E-state index in [1.807, 2.05) is 0 Å². The molecule has 3 amide bonds. The van der Waals surface area contributed by atoms with Crippen molar-refractivity contribution in [3.63, 3.8) is 0 Å². The predicted octanol–water partition coefficient (Wildman–Crippen LogP) is 2.52. The zero-order valence-corrected chi connectivity index (χ0v) is 15.7. The average molecular weight is 393 g/mol. The predicted molar refractivity (Wildman–Crippen MR) is 100 cm³/mol. The van der Waals surface area contributed by atoms with E-state index in [4.69, 9.17) is 5.14 Å². The molecule has 1 aromatic rings. The van der Waals surface area contributed by atoms with Crippen LogP contribution in [0.5, 0.6) is 0 Å². The molecular weight excluding hydrogens is 374 g/mol. The fourth-order valence-electron chi connectivity index (χ4n) is 2.97. The molecule has 1 atom stereocenters. The monoisotopic (exact) mass is 393 g/mol. The van der Waals surface area contributed by atoms with Gasteiger partial charge in [0.1, 0.15) is 17.5 Å². The number of amides is 3. The lowest BCUT2D eigenvalue weighted by Gasteiger charge is -2.16. The van der Waals surface area contributed by atoms with E-state index in [0.717, 1.165) is 54.3 Å². The molecule has 3 rings (SSSR count). The molecule has 1 aromatic carbocycles. The minimum absolute atomic E-state index is 0.327. The van der Waals surface area contributed by atoms with Crippen LogP contribution in [-0.4, -0.2) is 32.7 Å². The van der Waals surface area contributed by atoms with Gasteiger partial charge in [0, 0.05) is 5.69 Å². The molecular formula is C17H19N3O4S2. The topological polar surface area (TPSA) is 110 Å². The number of carbonyl (C=O) groups is 3. The molecule has 1 unspecified atom stereocenters. The molecule has 1 saturated carbocycles. The second-order valence-electron chi connectivity index (χ2n) is 6.12. The Kier molecular flexibility index (Phi) is 5.90. The van der Waals surface area contributed by atoms with Gasteiger partial charge >= 0.3 is 0 Å². The van der Waals surface area contributed by atoms with Gasteiger partial charge in [0.2, 0.25) is 5.91 Å². The summed E-state index contributed by atoms with van der Waals surface area (Å²) in [6.45, 7) is -0.327. The fraction of sp³-hybridized carbons (Fsp3) is 0.353. The molecule has 3 N–H and O–H groups in total. The van der Waals surface area contributed by atoms with Gasteiger partial charge < -0.3 is 5.32 Å². The van der Waals surface area contributed by atoms with Gasteiger partial charge in [-0.1, -0.05) is 12.0 Å². The first-order valence-corrected chi connectivity index (χ1v) is 10.3. The standard InChI is InChI=1S/C17H19N3O4S2/c18-26(24)13-8-6-12(7-9-13)19-14(21)10-20-16(22)15(25-17(20)23)11-4-2-1-3-5-11/h6-9H,1-5,10,18H2,(H,19,21). The van der Waals surface area contributed by atoms with Crippen LogP contribution < -0.4 is 10.5 Å². The smallest absolute Gasteiger partial charge is 0.294 e. The van der Waals surface area contributed by atoms with Gasteiger partial charge in [-0.25, -0.2) is 9.35 Å². The summed E-state index contributed by atoms with van der Waals surface area (Å²) in [5.41, 5.74) is 1.51. The van der Waals surface area contributed by atoms with Crippen molar-refractivity contribution in [1.29, 1.82) is 0 Å². The van der Waals surface area contributed by atoms with Crippen molar-refractivity contribution in [2.45, 2.75) is 37.0 Å². The number of benzene rings is 1. The van der Waals surface area contributed by atoms with Crippen LogP contribution in [0.1, 0.15) is 32.1 Å². The summed E-state index contributed by atoms with van der Waals surface area (Å²) in [4.78, 5) is 38.8. The van der Waals surface area contributed by atoms with E-state index in [1.54, 1.807) is 24.3 Å². The van der Waals surface area contributed by atoms with Crippen molar-refractivity contribution in [2.24, 2.45) is 5.14 Å². The third-order valence-corrected chi connectivity index (χ3v) is 6.10. The van der Waals surface area contributed by atoms with Crippen LogP contribution in [0.15, 0.2) is 39.6 Å². The number of carbonyl (C=O) groups excluding carboxylic acids is 3. The first-order chi connectivity index (χ1) is 12.5. The number of thioether (sulfide) groups is 1. The summed E-state index contributed by atoms with van der Waals surface area (Å²) < 4.78 is 11.2. The SMILES string of the molecule is NS(=O)c1ccc(NC(=O)CN2C(=O)SC(=C3CCCCC3)C2=O)cc1. The summed E-state index contributed by atoms with van der Waals surface area (Å²) in [6.07, 6.45) is 4.90. The van der Waals surface area contributed by atoms with E-state index in [1.165, 1.54) is 0 Å². The zero-order chi connectivity index (χ0) is 18.7. The van der Waals surface area contributed by atoms with Gasteiger partial charge in [-0.15, -0.1) is 0 Å². The molecule has 0 aromatic heterocycles. The summed E-state index contributed by atoms with van der Waals surface area (Å²) in [7, 11) is -1.59. The van der Waals surface area contributed by atoms with Gasteiger partial charge in [-0.05, 0) is 61.7 Å². The number of allylic oxidation sites excluding steroid dienone is 1. The van der Waals surface area contributed by atoms with E-state index in [0.29, 0.717) is 15.5 Å². The van der Waals surface area contributed by atoms with Crippen molar-refractivity contribution in [3.05, 3.63) is 34.7 Å². The van der Waals surface area contributed by atoms with Gasteiger partial charge in [0.25, 0.3) is 11.1 Å². The fourth-order valence-corrected chi connectivity index (χ4v) is 4.36. The number of rotatable bonds is 4. The third kappa shape index (κ3) is 4.22. The molecule has 2 aliphatic rings. The maximum atomic E-state index is 12.5. The molecule has 138 valence electrons. The number of anilines is 1. The maximum absolute atomic E-state index is 12.5. The van der Waals surface area contributed by atoms with Crippen LogP contribution in [0.4, 0.5) is 10.5 Å². The zero-order valence-electron chi connectivity index (χ0n) is 14.0. The Bertz CT molecular complexity index is 797. The van der Waals surface area contributed by atoms with E-state index in [-0.39, 0.29) is 12.5 Å². The van der Waals surface area contributed by atoms with Crippen molar-refractivity contribution >= 4 is 45.5 Å². The minimum atomic E-state index is -1.59. The van der Waals surface area contributed by atoms with Crippen LogP contribution in [0.25, 0.3) is 0 Å². The Morgan fingerprint density at radius 2 is 1.81 bits per heavy atom. The number of imide groups is 1. The highest BCUT2D eigenvalue weighted by Crippen LogP contribution is 2.38. The van der Waals surface area contributed by atoms with Crippen LogP contribution in [0, 0.1) is 0 Å². The highest BCUT2D eigenvalue weighted by atomic mass is 32.2. The van der Waals surface area contributed by atoms with Crippen molar-refractivity contribution in [2.75, 3.05) is 11.9 Å². The summed E-state index contributed by atoms with van der Waals surface area (Å²) in [5, 5.41) is 7.49. The summed E-state index contributed by atoms with van der Waals surface area (Å²) in [6, 6.07) is 6.21. The van der Waals surface area contributed by atoms with Crippen molar-refractivity contribution in [3.8, 4) is 0 Å². The minimum Gasteiger partial charge on any atom is -0.325 e. The second-order valence-corrected chi connectivity index (χ2v) is 8.15. The lowest BCUT2D eigenvalue weighted by molar-refractivity contribution is -0.127. The van der Waals surface area contributed by atoms with E-state index in [9.17, 15) is 18.6 Å². The van der Waals surface area contributed by atoms with E-state index >= 15 is 0 Å². The molecule has 0 spiro atoms. The lowest BCUT2D eigenvalue weighted by atomic mass is 9.94. The Labute approximate surface area is 158 Å². The van der Waals surface area contributed by atoms with Crippen LogP contribution >= 0.6 is 11.8 Å². The quantitative estimate of drug-likeness (QED) is 0.764. The van der Waals surface area contributed by atoms with Crippen LogP contribution in [0.3, 0.4) is 0 Å². The molecule has 2 fully saturated rings. The Balaban J connectivity index is 1.64. The second kappa shape index (κ2) is 8.15. The van der Waals surface area contributed by atoms with Crippen molar-refractivity contribution in [1.82, 2.24) is 4.90 Å². The highest BCUT2D eigenvalue weighted by Gasteiger charge is 2.38. The molecule has 0 radical (unpaired) electrons. The number of hydrogen-bond acceptors (Lipinski definition) is 5. The van der Waals surface area contributed by atoms with Gasteiger partial charge in [0.15, 0.2) is 0 Å². The molecule has 0 bridgehead atoms. The first-order valence-electron chi connectivity index (χ1n) is 8.27. The molecule has 1 aliphatic carbocycles. The Morgan fingerprint density at radius 3 is 2.42 bits per heavy atom. The summed E-state index contributed by atoms with van der Waals surface area (Å²) in [5.74, 6) is -0.843. The number of hydrogen-bond donors (Lipinski definition) is 2. The lowest BCUT2D eigenvalue weighted by Crippen LogP contribution is -2.36. The van der Waals surface area contributed by atoms with E-state index < -0.39 is 22.1 Å². The largest absolute Gasteiger partial charge is 0.325 e. The number of nitrogens with two attached hydrogens (primary N) is 1. The van der Waals surface area contributed by atoms with Crippen LogP contribution in [0.2, 0.25) is 0 Å².